The van der Waals surface area contributed by atoms with E-state index in [4.69, 9.17) is 4.74 Å². The van der Waals surface area contributed by atoms with Gasteiger partial charge in [0, 0.05) is 25.8 Å². The van der Waals surface area contributed by atoms with Gasteiger partial charge in [0.25, 0.3) is 5.69 Å². The zero-order chi connectivity index (χ0) is 13.7. The number of nitrogens with zero attached hydrogens (tertiary/aromatic N) is 1. The lowest BCUT2D eigenvalue weighted by atomic mass is 10.1. The van der Waals surface area contributed by atoms with E-state index < -0.39 is 10.7 Å². The number of nitro benzene ring substituents is 1. The molecule has 1 atom stereocenters. The summed E-state index contributed by atoms with van der Waals surface area (Å²) >= 11 is 0. The monoisotopic (exact) mass is 268 g/mol. The molecule has 0 aromatic heterocycles. The summed E-state index contributed by atoms with van der Waals surface area (Å²) in [6.07, 6.45) is 3.48. The molecule has 104 valence electrons. The summed E-state index contributed by atoms with van der Waals surface area (Å²) in [5.41, 5.74) is 0.355. The Balaban J connectivity index is 1.86. The van der Waals surface area contributed by atoms with Crippen molar-refractivity contribution in [3.05, 3.63) is 39.7 Å². The molecule has 1 fully saturated rings. The molecular weight excluding hydrogens is 251 g/mol. The number of nitrogens with one attached hydrogen (secondary N) is 1. The van der Waals surface area contributed by atoms with Gasteiger partial charge in [-0.15, -0.1) is 0 Å². The Bertz CT molecular complexity index is 448. The van der Waals surface area contributed by atoms with Gasteiger partial charge in [0.05, 0.1) is 17.1 Å². The minimum Gasteiger partial charge on any atom is -0.377 e. The highest BCUT2D eigenvalue weighted by atomic mass is 19.1. The Hall–Kier alpha value is -1.53. The van der Waals surface area contributed by atoms with E-state index in [-0.39, 0.29) is 11.8 Å². The van der Waals surface area contributed by atoms with Crippen LogP contribution in [0.4, 0.5) is 10.1 Å². The zero-order valence-electron chi connectivity index (χ0n) is 10.6. The molecule has 1 heterocycles. The number of ether oxygens (including phenoxy) is 1. The summed E-state index contributed by atoms with van der Waals surface area (Å²) < 4.78 is 18.8. The summed E-state index contributed by atoms with van der Waals surface area (Å²) in [4.78, 5) is 10.0. The first-order valence-electron chi connectivity index (χ1n) is 6.41. The van der Waals surface area contributed by atoms with Gasteiger partial charge in [-0.1, -0.05) is 0 Å². The molecule has 0 aliphatic carbocycles. The maximum atomic E-state index is 13.2. The van der Waals surface area contributed by atoms with E-state index in [1.54, 1.807) is 0 Å². The number of halogens is 1. The average molecular weight is 268 g/mol. The van der Waals surface area contributed by atoms with Gasteiger partial charge in [0.1, 0.15) is 5.82 Å². The summed E-state index contributed by atoms with van der Waals surface area (Å²) in [6.45, 7) is 1.88. The number of rotatable bonds is 5. The molecular formula is C13H17FN2O3. The maximum absolute atomic E-state index is 13.2. The van der Waals surface area contributed by atoms with Gasteiger partial charge in [-0.3, -0.25) is 10.1 Å². The molecule has 1 N–H and O–H groups in total. The average Bonchev–Trinajstić information content (AvgIpc) is 2.39. The minimum absolute atomic E-state index is 0.192. The molecule has 1 aliphatic heterocycles. The molecule has 0 spiro atoms. The molecule has 6 heteroatoms. The van der Waals surface area contributed by atoms with E-state index in [0.29, 0.717) is 18.7 Å². The van der Waals surface area contributed by atoms with E-state index in [1.807, 2.05) is 0 Å². The molecule has 2 rings (SSSR count). The van der Waals surface area contributed by atoms with Crippen molar-refractivity contribution in [1.29, 1.82) is 0 Å². The van der Waals surface area contributed by atoms with Gasteiger partial charge in [0.15, 0.2) is 0 Å². The van der Waals surface area contributed by atoms with Crippen molar-refractivity contribution in [2.45, 2.75) is 31.9 Å². The lowest BCUT2D eigenvalue weighted by Crippen LogP contribution is -2.31. The lowest BCUT2D eigenvalue weighted by Gasteiger charge is -2.22. The summed E-state index contributed by atoms with van der Waals surface area (Å²) in [5, 5.41) is 13.8. The second-order valence-electron chi connectivity index (χ2n) is 4.69. The fourth-order valence-corrected chi connectivity index (χ4v) is 2.19. The molecule has 1 unspecified atom stereocenters. The van der Waals surface area contributed by atoms with Crippen molar-refractivity contribution in [3.8, 4) is 0 Å². The third-order valence-electron chi connectivity index (χ3n) is 3.13. The molecule has 1 saturated heterocycles. The Labute approximate surface area is 110 Å². The predicted molar refractivity (Wildman–Crippen MR) is 68.4 cm³/mol. The van der Waals surface area contributed by atoms with Crippen molar-refractivity contribution in [2.75, 3.05) is 13.2 Å². The highest BCUT2D eigenvalue weighted by molar-refractivity contribution is 5.35. The van der Waals surface area contributed by atoms with Crippen LogP contribution < -0.4 is 5.32 Å². The molecule has 1 aromatic rings. The fourth-order valence-electron chi connectivity index (χ4n) is 2.19. The third-order valence-corrected chi connectivity index (χ3v) is 3.13. The van der Waals surface area contributed by atoms with E-state index in [1.165, 1.54) is 12.1 Å². The van der Waals surface area contributed by atoms with Gasteiger partial charge in [-0.25, -0.2) is 4.39 Å². The Morgan fingerprint density at radius 1 is 1.42 bits per heavy atom. The van der Waals surface area contributed by atoms with Crippen LogP contribution in [-0.4, -0.2) is 24.2 Å². The van der Waals surface area contributed by atoms with Crippen LogP contribution >= 0.6 is 0 Å². The summed E-state index contributed by atoms with van der Waals surface area (Å²) in [7, 11) is 0. The van der Waals surface area contributed by atoms with Gasteiger partial charge < -0.3 is 10.1 Å². The molecule has 5 nitrogen and oxygen atoms in total. The Kier molecular flexibility index (Phi) is 4.81. The molecule has 0 radical (unpaired) electrons. The van der Waals surface area contributed by atoms with E-state index in [9.17, 15) is 14.5 Å². The second kappa shape index (κ2) is 6.58. The van der Waals surface area contributed by atoms with Crippen molar-refractivity contribution in [3.63, 3.8) is 0 Å². The molecule has 0 saturated carbocycles. The third kappa shape index (κ3) is 4.25. The van der Waals surface area contributed by atoms with Crippen LogP contribution in [0.2, 0.25) is 0 Å². The summed E-state index contributed by atoms with van der Waals surface area (Å²) in [6, 6.07) is 3.62. The quantitative estimate of drug-likeness (QED) is 0.658. The van der Waals surface area contributed by atoms with E-state index in [0.717, 1.165) is 31.9 Å². The fraction of sp³-hybridized carbons (Fsp3) is 0.538. The predicted octanol–water partition coefficient (Wildman–Crippen LogP) is 2.39. The van der Waals surface area contributed by atoms with Crippen LogP contribution in [0, 0.1) is 15.9 Å². The van der Waals surface area contributed by atoms with Gasteiger partial charge in [0.2, 0.25) is 0 Å². The molecule has 1 aliphatic rings. The smallest absolute Gasteiger partial charge is 0.272 e. The van der Waals surface area contributed by atoms with E-state index in [2.05, 4.69) is 5.32 Å². The Morgan fingerprint density at radius 2 is 2.26 bits per heavy atom. The summed E-state index contributed by atoms with van der Waals surface area (Å²) in [5.74, 6) is -0.583. The van der Waals surface area contributed by atoms with Crippen LogP contribution in [0.15, 0.2) is 18.2 Å². The van der Waals surface area contributed by atoms with Crippen molar-refractivity contribution in [2.24, 2.45) is 0 Å². The van der Waals surface area contributed by atoms with Crippen molar-refractivity contribution < 1.29 is 14.1 Å². The van der Waals surface area contributed by atoms with Crippen LogP contribution in [-0.2, 0) is 11.3 Å². The van der Waals surface area contributed by atoms with Crippen LogP contribution in [0.25, 0.3) is 0 Å². The van der Waals surface area contributed by atoms with E-state index >= 15 is 0 Å². The topological polar surface area (TPSA) is 64.4 Å². The number of non-ortho nitro benzene ring substituents is 1. The van der Waals surface area contributed by atoms with Crippen LogP contribution in [0.5, 0.6) is 0 Å². The van der Waals surface area contributed by atoms with Gasteiger partial charge in [-0.2, -0.15) is 0 Å². The normalized spacial score (nSPS) is 19.3. The number of hydrogen-bond acceptors (Lipinski definition) is 4. The largest absolute Gasteiger partial charge is 0.377 e. The first kappa shape index (κ1) is 13.9. The molecule has 1 aromatic carbocycles. The Morgan fingerprint density at radius 3 is 2.95 bits per heavy atom. The molecule has 19 heavy (non-hydrogen) atoms. The van der Waals surface area contributed by atoms with Gasteiger partial charge >= 0.3 is 0 Å². The number of benzene rings is 1. The lowest BCUT2D eigenvalue weighted by molar-refractivity contribution is -0.385. The number of nitro groups is 1. The highest BCUT2D eigenvalue weighted by Gasteiger charge is 2.14. The first-order valence-corrected chi connectivity index (χ1v) is 6.41. The van der Waals surface area contributed by atoms with Crippen molar-refractivity contribution in [1.82, 2.24) is 5.32 Å². The standard InChI is InChI=1S/C13H17FN2O3/c14-11-5-10(6-12(7-11)16(17)18)8-15-9-13-3-1-2-4-19-13/h5-7,13,15H,1-4,8-9H2. The van der Waals surface area contributed by atoms with Crippen LogP contribution in [0.3, 0.4) is 0 Å². The van der Waals surface area contributed by atoms with Gasteiger partial charge in [-0.05, 0) is 30.9 Å². The van der Waals surface area contributed by atoms with Crippen molar-refractivity contribution >= 4 is 5.69 Å². The van der Waals surface area contributed by atoms with Crippen LogP contribution in [0.1, 0.15) is 24.8 Å². The zero-order valence-corrected chi connectivity index (χ0v) is 10.6. The number of hydrogen-bond donors (Lipinski definition) is 1. The molecule has 0 bridgehead atoms. The molecule has 0 amide bonds. The SMILES string of the molecule is O=[N+]([O-])c1cc(F)cc(CNCC2CCCCO2)c1. The second-order valence-corrected chi connectivity index (χ2v) is 4.69. The maximum Gasteiger partial charge on any atom is 0.272 e. The highest BCUT2D eigenvalue weighted by Crippen LogP contribution is 2.16. The minimum atomic E-state index is -0.586. The first-order chi connectivity index (χ1) is 9.15.